The number of hydrogen-bond acceptors (Lipinski definition) is 3. The first-order chi connectivity index (χ1) is 12.0. The van der Waals surface area contributed by atoms with Crippen LogP contribution in [0.25, 0.3) is 0 Å². The zero-order valence-electron chi connectivity index (χ0n) is 15.0. The average molecular weight is 339 g/mol. The van der Waals surface area contributed by atoms with Crippen LogP contribution in [0.5, 0.6) is 11.5 Å². The van der Waals surface area contributed by atoms with Crippen LogP contribution in [0.3, 0.4) is 0 Å². The van der Waals surface area contributed by atoms with Gasteiger partial charge < -0.3 is 14.8 Å². The van der Waals surface area contributed by atoms with E-state index in [1.54, 1.807) is 7.11 Å². The molecule has 0 saturated carbocycles. The first-order valence-electron chi connectivity index (χ1n) is 8.67. The molecule has 0 spiro atoms. The molecule has 0 saturated heterocycles. The average Bonchev–Trinajstić information content (AvgIpc) is 2.59. The second-order valence-corrected chi connectivity index (χ2v) is 7.08. The Kier molecular flexibility index (Phi) is 4.98. The molecule has 25 heavy (non-hydrogen) atoms. The lowest BCUT2D eigenvalue weighted by Gasteiger charge is -2.38. The first-order valence-corrected chi connectivity index (χ1v) is 8.67. The predicted molar refractivity (Wildman–Crippen MR) is 98.0 cm³/mol. The Balaban J connectivity index is 1.70. The molecule has 1 aliphatic heterocycles. The van der Waals surface area contributed by atoms with E-state index in [2.05, 4.69) is 5.32 Å². The van der Waals surface area contributed by atoms with E-state index in [1.807, 2.05) is 62.4 Å². The predicted octanol–water partition coefficient (Wildman–Crippen LogP) is 4.05. The highest BCUT2D eigenvalue weighted by Crippen LogP contribution is 2.41. The van der Waals surface area contributed by atoms with Gasteiger partial charge in [-0.2, -0.15) is 0 Å². The molecule has 0 aromatic heterocycles. The van der Waals surface area contributed by atoms with Gasteiger partial charge in [0.1, 0.15) is 17.1 Å². The fourth-order valence-corrected chi connectivity index (χ4v) is 3.26. The Morgan fingerprint density at radius 2 is 2.00 bits per heavy atom. The van der Waals surface area contributed by atoms with Crippen LogP contribution in [0, 0.1) is 0 Å². The minimum Gasteiger partial charge on any atom is -0.497 e. The molecular formula is C21H25NO3. The molecule has 0 radical (unpaired) electrons. The summed E-state index contributed by atoms with van der Waals surface area (Å²) >= 11 is 0. The third-order valence-electron chi connectivity index (χ3n) is 4.50. The van der Waals surface area contributed by atoms with E-state index in [4.69, 9.17) is 9.47 Å². The molecule has 0 unspecified atom stereocenters. The van der Waals surface area contributed by atoms with Crippen LogP contribution in [0.15, 0.2) is 48.5 Å². The topological polar surface area (TPSA) is 47.6 Å². The number of methoxy groups -OCH3 is 1. The van der Waals surface area contributed by atoms with Gasteiger partial charge in [0.05, 0.1) is 13.2 Å². The molecule has 4 heteroatoms. The fraction of sp³-hybridized carbons (Fsp3) is 0.381. The van der Waals surface area contributed by atoms with Gasteiger partial charge in [-0.05, 0) is 38.0 Å². The molecule has 2 aromatic rings. The van der Waals surface area contributed by atoms with E-state index in [9.17, 15) is 4.79 Å². The zero-order chi connectivity index (χ0) is 17.9. The molecule has 1 N–H and O–H groups in total. The summed E-state index contributed by atoms with van der Waals surface area (Å²) in [6.07, 6.45) is 1.96. The van der Waals surface area contributed by atoms with Crippen molar-refractivity contribution < 1.29 is 14.3 Å². The molecule has 1 atom stereocenters. The van der Waals surface area contributed by atoms with E-state index in [0.717, 1.165) is 29.9 Å². The normalized spacial score (nSPS) is 18.0. The van der Waals surface area contributed by atoms with Crippen LogP contribution >= 0.6 is 0 Å². The van der Waals surface area contributed by atoms with Crippen molar-refractivity contribution in [1.82, 2.24) is 5.32 Å². The highest BCUT2D eigenvalue weighted by atomic mass is 16.5. The minimum absolute atomic E-state index is 0.0482. The molecule has 4 nitrogen and oxygen atoms in total. The van der Waals surface area contributed by atoms with Crippen molar-refractivity contribution in [2.75, 3.05) is 7.11 Å². The summed E-state index contributed by atoms with van der Waals surface area (Å²) in [5, 5.41) is 3.18. The van der Waals surface area contributed by atoms with Gasteiger partial charge in [-0.25, -0.2) is 0 Å². The number of nitrogens with one attached hydrogen (secondary N) is 1. The van der Waals surface area contributed by atoms with Crippen molar-refractivity contribution in [3.05, 3.63) is 59.7 Å². The third-order valence-corrected chi connectivity index (χ3v) is 4.50. The molecule has 1 amide bonds. The quantitative estimate of drug-likeness (QED) is 0.894. The van der Waals surface area contributed by atoms with Crippen molar-refractivity contribution in [2.24, 2.45) is 0 Å². The Hall–Kier alpha value is -2.49. The summed E-state index contributed by atoms with van der Waals surface area (Å²) in [4.78, 5) is 12.5. The van der Waals surface area contributed by atoms with Gasteiger partial charge in [-0.15, -0.1) is 0 Å². The molecule has 0 fully saturated rings. The lowest BCUT2D eigenvalue weighted by molar-refractivity contribution is -0.122. The second-order valence-electron chi connectivity index (χ2n) is 7.08. The summed E-state index contributed by atoms with van der Waals surface area (Å²) in [6.45, 7) is 4.08. The van der Waals surface area contributed by atoms with Crippen molar-refractivity contribution in [2.45, 2.75) is 44.8 Å². The third kappa shape index (κ3) is 4.32. The maximum Gasteiger partial charge on any atom is 0.220 e. The molecular weight excluding hydrogens is 314 g/mol. The summed E-state index contributed by atoms with van der Waals surface area (Å²) in [5.41, 5.74) is 1.85. The number of benzene rings is 2. The molecule has 3 rings (SSSR count). The Labute approximate surface area is 149 Å². The molecule has 0 bridgehead atoms. The Morgan fingerprint density at radius 1 is 1.24 bits per heavy atom. The number of amides is 1. The van der Waals surface area contributed by atoms with Gasteiger partial charge in [0.25, 0.3) is 0 Å². The Bertz CT molecular complexity index is 740. The van der Waals surface area contributed by atoms with Gasteiger partial charge in [0.2, 0.25) is 5.91 Å². The summed E-state index contributed by atoms with van der Waals surface area (Å²) in [6, 6.07) is 15.8. The number of hydrogen-bond donors (Lipinski definition) is 1. The lowest BCUT2D eigenvalue weighted by Crippen LogP contribution is -2.41. The van der Waals surface area contributed by atoms with E-state index in [1.165, 1.54) is 5.56 Å². The number of rotatable bonds is 5. The van der Waals surface area contributed by atoms with Crippen LogP contribution in [0.1, 0.15) is 43.9 Å². The number of aryl methyl sites for hydroxylation is 1. The number of fused-ring (bicyclic) bond motifs is 1. The summed E-state index contributed by atoms with van der Waals surface area (Å²) in [7, 11) is 1.64. The van der Waals surface area contributed by atoms with Crippen LogP contribution in [0.2, 0.25) is 0 Å². The molecule has 1 heterocycles. The van der Waals surface area contributed by atoms with E-state index in [0.29, 0.717) is 6.42 Å². The van der Waals surface area contributed by atoms with Crippen molar-refractivity contribution in [3.63, 3.8) is 0 Å². The lowest BCUT2D eigenvalue weighted by atomic mass is 9.89. The van der Waals surface area contributed by atoms with Crippen LogP contribution < -0.4 is 14.8 Å². The smallest absolute Gasteiger partial charge is 0.220 e. The van der Waals surface area contributed by atoms with Crippen LogP contribution in [-0.2, 0) is 11.2 Å². The number of ether oxygens (including phenoxy) is 2. The van der Waals surface area contributed by atoms with Crippen molar-refractivity contribution in [1.29, 1.82) is 0 Å². The highest BCUT2D eigenvalue weighted by molar-refractivity contribution is 5.77. The largest absolute Gasteiger partial charge is 0.497 e. The van der Waals surface area contributed by atoms with Gasteiger partial charge in [0, 0.05) is 24.5 Å². The maximum absolute atomic E-state index is 12.5. The zero-order valence-corrected chi connectivity index (χ0v) is 15.0. The van der Waals surface area contributed by atoms with Gasteiger partial charge in [0.15, 0.2) is 0 Å². The summed E-state index contributed by atoms with van der Waals surface area (Å²) < 4.78 is 11.4. The van der Waals surface area contributed by atoms with Crippen LogP contribution in [0.4, 0.5) is 0 Å². The van der Waals surface area contributed by atoms with Gasteiger partial charge in [-0.3, -0.25) is 4.79 Å². The van der Waals surface area contributed by atoms with Crippen molar-refractivity contribution in [3.8, 4) is 11.5 Å². The number of carbonyl (C=O) groups excluding carboxylic acids is 1. The molecule has 0 aliphatic carbocycles. The highest BCUT2D eigenvalue weighted by Gasteiger charge is 2.34. The van der Waals surface area contributed by atoms with E-state index < -0.39 is 0 Å². The SMILES string of the molecule is COc1ccc2c(c1)OC(C)(C)C[C@@H]2NC(=O)CCc1ccccc1. The first kappa shape index (κ1) is 17.3. The van der Waals surface area contributed by atoms with Crippen LogP contribution in [-0.4, -0.2) is 18.6 Å². The molecule has 132 valence electrons. The van der Waals surface area contributed by atoms with E-state index in [-0.39, 0.29) is 17.6 Å². The van der Waals surface area contributed by atoms with Gasteiger partial charge in [-0.1, -0.05) is 30.3 Å². The van der Waals surface area contributed by atoms with Gasteiger partial charge >= 0.3 is 0 Å². The standard InChI is InChI=1S/C21H25NO3/c1-21(2)14-18(17-11-10-16(24-3)13-19(17)25-21)22-20(23)12-9-15-7-5-4-6-8-15/h4-8,10-11,13,18H,9,12,14H2,1-3H3,(H,22,23)/t18-/m0/s1. The maximum atomic E-state index is 12.5. The van der Waals surface area contributed by atoms with E-state index >= 15 is 0 Å². The number of carbonyl (C=O) groups is 1. The Morgan fingerprint density at radius 3 is 2.72 bits per heavy atom. The van der Waals surface area contributed by atoms with Crippen molar-refractivity contribution >= 4 is 5.91 Å². The summed E-state index contributed by atoms with van der Waals surface area (Å²) in [5.74, 6) is 1.60. The minimum atomic E-state index is -0.337. The molecule has 1 aliphatic rings. The second kappa shape index (κ2) is 7.18. The fourth-order valence-electron chi connectivity index (χ4n) is 3.26. The molecule has 2 aromatic carbocycles. The monoisotopic (exact) mass is 339 g/mol.